The highest BCUT2D eigenvalue weighted by Gasteiger charge is 2.30. The van der Waals surface area contributed by atoms with Crippen molar-refractivity contribution in [3.63, 3.8) is 0 Å². The van der Waals surface area contributed by atoms with E-state index in [-0.39, 0.29) is 12.6 Å². The van der Waals surface area contributed by atoms with E-state index in [9.17, 15) is 13.2 Å². The molecule has 1 heterocycles. The maximum atomic E-state index is 12.9. The first-order chi connectivity index (χ1) is 11.2. The summed E-state index contributed by atoms with van der Waals surface area (Å²) in [5.74, 6) is -0.860. The van der Waals surface area contributed by atoms with Gasteiger partial charge in [0.05, 0.1) is 11.4 Å². The van der Waals surface area contributed by atoms with E-state index < -0.39 is 16.0 Å². The maximum absolute atomic E-state index is 12.9. The maximum Gasteiger partial charge on any atom is 0.317 e. The van der Waals surface area contributed by atoms with Crippen molar-refractivity contribution in [3.05, 3.63) is 29.3 Å². The van der Waals surface area contributed by atoms with E-state index in [0.717, 1.165) is 24.0 Å². The highest BCUT2D eigenvalue weighted by atomic mass is 32.2. The van der Waals surface area contributed by atoms with Crippen molar-refractivity contribution >= 4 is 16.0 Å². The third kappa shape index (κ3) is 4.34. The molecule has 0 saturated carbocycles. The molecule has 7 heteroatoms. The average Bonchev–Trinajstić information content (AvgIpc) is 2.72. The molecule has 1 aromatic carbocycles. The van der Waals surface area contributed by atoms with Crippen molar-refractivity contribution < 1.29 is 18.3 Å². The Morgan fingerprint density at radius 1 is 1.29 bits per heavy atom. The van der Waals surface area contributed by atoms with Gasteiger partial charge in [-0.25, -0.2) is 8.42 Å². The molecule has 0 spiro atoms. The molecule has 1 aliphatic rings. The Labute approximate surface area is 144 Å². The van der Waals surface area contributed by atoms with Crippen molar-refractivity contribution in [3.8, 4) is 0 Å². The largest absolute Gasteiger partial charge is 0.480 e. The first kappa shape index (κ1) is 18.9. The van der Waals surface area contributed by atoms with E-state index >= 15 is 0 Å². The Morgan fingerprint density at radius 2 is 2.00 bits per heavy atom. The number of aryl methyl sites for hydroxylation is 2. The predicted octanol–water partition coefficient (Wildman–Crippen LogP) is 1.86. The Balaban J connectivity index is 2.14. The quantitative estimate of drug-likeness (QED) is 0.873. The Morgan fingerprint density at radius 3 is 2.62 bits per heavy atom. The second kappa shape index (κ2) is 7.63. The number of carboxylic acid groups (broad SMARTS) is 1. The number of sulfonamides is 1. The normalized spacial score (nSPS) is 20.1. The van der Waals surface area contributed by atoms with Gasteiger partial charge in [0.1, 0.15) is 0 Å². The topological polar surface area (TPSA) is 77.9 Å². The molecule has 1 N–H and O–H groups in total. The van der Waals surface area contributed by atoms with Crippen LogP contribution in [0.2, 0.25) is 0 Å². The first-order valence-corrected chi connectivity index (χ1v) is 9.65. The number of hydrogen-bond donors (Lipinski definition) is 1. The van der Waals surface area contributed by atoms with Gasteiger partial charge in [-0.15, -0.1) is 0 Å². The molecule has 1 saturated heterocycles. The lowest BCUT2D eigenvalue weighted by molar-refractivity contribution is -0.138. The first-order valence-electron chi connectivity index (χ1n) is 8.21. The number of aliphatic carboxylic acids is 1. The predicted molar refractivity (Wildman–Crippen MR) is 92.6 cm³/mol. The van der Waals surface area contributed by atoms with Gasteiger partial charge in [-0.05, 0) is 51.8 Å². The van der Waals surface area contributed by atoms with Crippen LogP contribution in [-0.4, -0.2) is 61.4 Å². The van der Waals surface area contributed by atoms with Crippen molar-refractivity contribution in [1.29, 1.82) is 0 Å². The molecule has 0 radical (unpaired) electrons. The van der Waals surface area contributed by atoms with E-state index in [4.69, 9.17) is 5.11 Å². The second-order valence-corrected chi connectivity index (χ2v) is 8.47. The highest BCUT2D eigenvalue weighted by Crippen LogP contribution is 2.25. The van der Waals surface area contributed by atoms with Crippen molar-refractivity contribution in [2.75, 3.05) is 26.7 Å². The molecule has 134 valence electrons. The van der Waals surface area contributed by atoms with Crippen LogP contribution < -0.4 is 0 Å². The molecule has 0 amide bonds. The van der Waals surface area contributed by atoms with Gasteiger partial charge >= 0.3 is 5.97 Å². The van der Waals surface area contributed by atoms with Crippen LogP contribution in [0.4, 0.5) is 0 Å². The number of rotatable bonds is 5. The van der Waals surface area contributed by atoms with Crippen LogP contribution in [-0.2, 0) is 14.8 Å². The molecular formula is C17H26N2O4S. The molecule has 2 rings (SSSR count). The zero-order valence-corrected chi connectivity index (χ0v) is 15.3. The van der Waals surface area contributed by atoms with E-state index in [0.29, 0.717) is 24.4 Å². The van der Waals surface area contributed by atoms with Crippen LogP contribution in [0.25, 0.3) is 0 Å². The number of carboxylic acids is 1. The number of carbonyl (C=O) groups is 1. The number of nitrogens with zero attached hydrogens (tertiary/aromatic N) is 2. The number of benzene rings is 1. The van der Waals surface area contributed by atoms with Crippen LogP contribution in [0.5, 0.6) is 0 Å². The van der Waals surface area contributed by atoms with Crippen molar-refractivity contribution in [2.45, 2.75) is 44.0 Å². The lowest BCUT2D eigenvalue weighted by atomic mass is 10.1. The smallest absolute Gasteiger partial charge is 0.317 e. The minimum absolute atomic E-state index is 0.0194. The van der Waals surface area contributed by atoms with Gasteiger partial charge in [-0.2, -0.15) is 4.31 Å². The van der Waals surface area contributed by atoms with Crippen LogP contribution in [0.15, 0.2) is 23.1 Å². The molecule has 1 fully saturated rings. The van der Waals surface area contributed by atoms with Gasteiger partial charge in [-0.3, -0.25) is 9.69 Å². The zero-order chi connectivity index (χ0) is 17.9. The highest BCUT2D eigenvalue weighted by molar-refractivity contribution is 7.89. The summed E-state index contributed by atoms with van der Waals surface area (Å²) < 4.78 is 27.4. The number of likely N-dealkylation sites (N-methyl/N-ethyl adjacent to an activating group) is 1. The summed E-state index contributed by atoms with van der Waals surface area (Å²) >= 11 is 0. The van der Waals surface area contributed by atoms with Gasteiger partial charge in [-0.1, -0.05) is 17.7 Å². The molecule has 1 atom stereocenters. The third-order valence-electron chi connectivity index (χ3n) is 4.61. The molecule has 1 aromatic rings. The Kier molecular flexibility index (Phi) is 6.01. The minimum Gasteiger partial charge on any atom is -0.480 e. The Bertz CT molecular complexity index is 703. The van der Waals surface area contributed by atoms with E-state index in [1.807, 2.05) is 26.0 Å². The summed E-state index contributed by atoms with van der Waals surface area (Å²) in [5.41, 5.74) is 1.80. The minimum atomic E-state index is -3.51. The van der Waals surface area contributed by atoms with Crippen molar-refractivity contribution in [1.82, 2.24) is 9.21 Å². The molecule has 1 unspecified atom stereocenters. The lowest BCUT2D eigenvalue weighted by Crippen LogP contribution is -2.37. The van der Waals surface area contributed by atoms with Gasteiger partial charge in [0, 0.05) is 19.1 Å². The monoisotopic (exact) mass is 354 g/mol. The molecule has 24 heavy (non-hydrogen) atoms. The summed E-state index contributed by atoms with van der Waals surface area (Å²) in [5, 5.41) is 8.92. The van der Waals surface area contributed by atoms with Gasteiger partial charge in [0.15, 0.2) is 0 Å². The molecule has 0 aliphatic carbocycles. The van der Waals surface area contributed by atoms with Crippen LogP contribution in [0, 0.1) is 13.8 Å². The molecular weight excluding hydrogens is 328 g/mol. The fourth-order valence-corrected chi connectivity index (χ4v) is 5.00. The summed E-state index contributed by atoms with van der Waals surface area (Å²) in [6, 6.07) is 5.48. The average molecular weight is 354 g/mol. The van der Waals surface area contributed by atoms with Gasteiger partial charge < -0.3 is 5.11 Å². The standard InChI is InChI=1S/C17H26N2O4S/c1-13-6-7-16(14(2)11-13)24(22,23)19-9-4-5-15(8-10-19)18(3)12-17(20)21/h6-7,11,15H,4-5,8-10,12H2,1-3H3,(H,20,21). The third-order valence-corrected chi connectivity index (χ3v) is 6.67. The van der Waals surface area contributed by atoms with Crippen LogP contribution >= 0.6 is 0 Å². The number of hydrogen-bond acceptors (Lipinski definition) is 4. The lowest BCUT2D eigenvalue weighted by Gasteiger charge is -2.25. The second-order valence-electron chi connectivity index (χ2n) is 6.57. The zero-order valence-electron chi connectivity index (χ0n) is 14.5. The fraction of sp³-hybridized carbons (Fsp3) is 0.588. The fourth-order valence-electron chi connectivity index (χ4n) is 3.30. The van der Waals surface area contributed by atoms with Crippen molar-refractivity contribution in [2.24, 2.45) is 0 Å². The van der Waals surface area contributed by atoms with E-state index in [1.165, 1.54) is 0 Å². The summed E-state index contributed by atoms with van der Waals surface area (Å²) in [4.78, 5) is 13.0. The SMILES string of the molecule is Cc1ccc(S(=O)(=O)N2CCCC(N(C)CC(=O)O)CC2)c(C)c1. The molecule has 1 aliphatic heterocycles. The molecule has 0 bridgehead atoms. The van der Waals surface area contributed by atoms with Crippen LogP contribution in [0.3, 0.4) is 0 Å². The van der Waals surface area contributed by atoms with Gasteiger partial charge in [0.2, 0.25) is 10.0 Å². The van der Waals surface area contributed by atoms with Gasteiger partial charge in [0.25, 0.3) is 0 Å². The summed E-state index contributed by atoms with van der Waals surface area (Å²) in [6.45, 7) is 4.64. The molecule has 6 nitrogen and oxygen atoms in total. The summed E-state index contributed by atoms with van der Waals surface area (Å²) in [6.07, 6.45) is 2.19. The van der Waals surface area contributed by atoms with E-state index in [1.54, 1.807) is 22.3 Å². The molecule has 0 aromatic heterocycles. The van der Waals surface area contributed by atoms with Crippen LogP contribution in [0.1, 0.15) is 30.4 Å². The Hall–Kier alpha value is -1.44. The van der Waals surface area contributed by atoms with E-state index in [2.05, 4.69) is 0 Å². The summed E-state index contributed by atoms with van der Waals surface area (Å²) in [7, 11) is -1.72.